The summed E-state index contributed by atoms with van der Waals surface area (Å²) in [6, 6.07) is 0.550. The van der Waals surface area contributed by atoms with Crippen LogP contribution in [-0.4, -0.2) is 50.2 Å². The lowest BCUT2D eigenvalue weighted by atomic mass is 10.2. The molecule has 1 rings (SSSR count). The first-order chi connectivity index (χ1) is 5.84. The van der Waals surface area contributed by atoms with Crippen molar-refractivity contribution < 1.29 is 9.53 Å². The van der Waals surface area contributed by atoms with Gasteiger partial charge in [-0.1, -0.05) is 0 Å². The van der Waals surface area contributed by atoms with Crippen molar-refractivity contribution in [2.75, 3.05) is 32.8 Å². The summed E-state index contributed by atoms with van der Waals surface area (Å²) in [6.45, 7) is 7.14. The highest BCUT2D eigenvalue weighted by atomic mass is 16.5. The van der Waals surface area contributed by atoms with E-state index in [1.807, 2.05) is 0 Å². The first-order valence-corrected chi connectivity index (χ1v) is 4.34. The second-order valence-electron chi connectivity index (χ2n) is 3.06. The van der Waals surface area contributed by atoms with E-state index < -0.39 is 0 Å². The Hall–Kier alpha value is -0.610. The van der Waals surface area contributed by atoms with Gasteiger partial charge in [0, 0.05) is 32.2 Å². The predicted molar refractivity (Wildman–Crippen MR) is 45.9 cm³/mol. The minimum atomic E-state index is 0.507. The number of nitrogens with zero attached hydrogens (tertiary/aromatic N) is 1. The number of rotatable bonds is 4. The van der Waals surface area contributed by atoms with Gasteiger partial charge in [-0.3, -0.25) is 9.69 Å². The normalized spacial score (nSPS) is 25.2. The summed E-state index contributed by atoms with van der Waals surface area (Å²) in [5, 5.41) is 3.30. The summed E-state index contributed by atoms with van der Waals surface area (Å²) < 4.78 is 4.64. The lowest BCUT2D eigenvalue weighted by Gasteiger charge is -2.33. The third kappa shape index (κ3) is 2.79. The van der Waals surface area contributed by atoms with Crippen molar-refractivity contribution in [3.05, 3.63) is 0 Å². The Morgan fingerprint density at radius 3 is 3.25 bits per heavy atom. The van der Waals surface area contributed by atoms with E-state index in [0.717, 1.165) is 26.2 Å². The van der Waals surface area contributed by atoms with E-state index in [-0.39, 0.29) is 0 Å². The Morgan fingerprint density at radius 1 is 1.75 bits per heavy atom. The topological polar surface area (TPSA) is 41.6 Å². The molecule has 0 radical (unpaired) electrons. The maximum absolute atomic E-state index is 9.87. The number of hydrogen-bond donors (Lipinski definition) is 1. The van der Waals surface area contributed by atoms with Crippen LogP contribution in [0.1, 0.15) is 6.92 Å². The minimum absolute atomic E-state index is 0.507. The summed E-state index contributed by atoms with van der Waals surface area (Å²) in [4.78, 5) is 12.2. The quantitative estimate of drug-likeness (QED) is 0.456. The number of carbonyl (C=O) groups is 1. The monoisotopic (exact) mass is 172 g/mol. The van der Waals surface area contributed by atoms with Crippen LogP contribution in [-0.2, 0) is 9.53 Å². The van der Waals surface area contributed by atoms with Gasteiger partial charge in [0.25, 0.3) is 6.47 Å². The van der Waals surface area contributed by atoms with Crippen molar-refractivity contribution in [1.82, 2.24) is 10.2 Å². The molecule has 0 aliphatic carbocycles. The standard InChI is InChI=1S/C8H16N2O2/c1-8-6-9-2-3-10(8)4-5-12-7-11/h7-9H,2-6H2,1H3/t8-/m0/s1. The van der Waals surface area contributed by atoms with Crippen molar-refractivity contribution in [2.45, 2.75) is 13.0 Å². The zero-order chi connectivity index (χ0) is 8.81. The van der Waals surface area contributed by atoms with Crippen LogP contribution in [0.5, 0.6) is 0 Å². The molecule has 1 aliphatic rings. The molecule has 4 nitrogen and oxygen atoms in total. The molecule has 0 bridgehead atoms. The number of hydrogen-bond acceptors (Lipinski definition) is 4. The third-order valence-corrected chi connectivity index (χ3v) is 2.20. The molecule has 0 amide bonds. The van der Waals surface area contributed by atoms with Crippen LogP contribution >= 0.6 is 0 Å². The van der Waals surface area contributed by atoms with E-state index in [2.05, 4.69) is 21.9 Å². The van der Waals surface area contributed by atoms with Crippen LogP contribution in [0.4, 0.5) is 0 Å². The average Bonchev–Trinajstić information content (AvgIpc) is 2.09. The van der Waals surface area contributed by atoms with Gasteiger partial charge in [0.1, 0.15) is 6.61 Å². The summed E-state index contributed by atoms with van der Waals surface area (Å²) in [5.74, 6) is 0. The van der Waals surface area contributed by atoms with Gasteiger partial charge in [-0.25, -0.2) is 0 Å². The zero-order valence-corrected chi connectivity index (χ0v) is 7.45. The molecule has 1 saturated heterocycles. The highest BCUT2D eigenvalue weighted by Gasteiger charge is 2.16. The molecule has 1 aliphatic heterocycles. The van der Waals surface area contributed by atoms with Gasteiger partial charge in [-0.05, 0) is 6.92 Å². The second-order valence-corrected chi connectivity index (χ2v) is 3.06. The molecule has 0 unspecified atom stereocenters. The van der Waals surface area contributed by atoms with Crippen molar-refractivity contribution in [1.29, 1.82) is 0 Å². The van der Waals surface area contributed by atoms with Crippen LogP contribution in [0.2, 0.25) is 0 Å². The van der Waals surface area contributed by atoms with Crippen LogP contribution in [0.3, 0.4) is 0 Å². The third-order valence-electron chi connectivity index (χ3n) is 2.20. The van der Waals surface area contributed by atoms with Crippen molar-refractivity contribution in [3.63, 3.8) is 0 Å². The molecule has 4 heteroatoms. The highest BCUT2D eigenvalue weighted by Crippen LogP contribution is 2.00. The summed E-state index contributed by atoms with van der Waals surface area (Å²) in [6.07, 6.45) is 0. The molecule has 70 valence electrons. The molecule has 0 spiro atoms. The number of ether oxygens (including phenoxy) is 1. The molecule has 0 aromatic rings. The maximum Gasteiger partial charge on any atom is 0.293 e. The SMILES string of the molecule is C[C@H]1CNCCN1CCOC=O. The fraction of sp³-hybridized carbons (Fsp3) is 0.875. The molecular weight excluding hydrogens is 156 g/mol. The lowest BCUT2D eigenvalue weighted by Crippen LogP contribution is -2.50. The van der Waals surface area contributed by atoms with E-state index >= 15 is 0 Å². The molecule has 1 atom stereocenters. The van der Waals surface area contributed by atoms with E-state index in [1.54, 1.807) is 0 Å². The smallest absolute Gasteiger partial charge is 0.293 e. The van der Waals surface area contributed by atoms with E-state index in [4.69, 9.17) is 0 Å². The largest absolute Gasteiger partial charge is 0.467 e. The molecule has 1 heterocycles. The van der Waals surface area contributed by atoms with Crippen LogP contribution < -0.4 is 5.32 Å². The zero-order valence-electron chi connectivity index (χ0n) is 7.45. The van der Waals surface area contributed by atoms with Crippen LogP contribution in [0.15, 0.2) is 0 Å². The Balaban J connectivity index is 2.15. The lowest BCUT2D eigenvalue weighted by molar-refractivity contribution is -0.129. The van der Waals surface area contributed by atoms with Crippen molar-refractivity contribution in [3.8, 4) is 0 Å². The van der Waals surface area contributed by atoms with Gasteiger partial charge in [0.15, 0.2) is 0 Å². The van der Waals surface area contributed by atoms with Gasteiger partial charge >= 0.3 is 0 Å². The molecule has 12 heavy (non-hydrogen) atoms. The van der Waals surface area contributed by atoms with E-state index in [1.165, 1.54) is 0 Å². The van der Waals surface area contributed by atoms with E-state index in [9.17, 15) is 4.79 Å². The average molecular weight is 172 g/mol. The van der Waals surface area contributed by atoms with E-state index in [0.29, 0.717) is 19.1 Å². The number of piperazine rings is 1. The predicted octanol–water partition coefficient (Wildman–Crippen LogP) is -0.547. The van der Waals surface area contributed by atoms with Crippen LogP contribution in [0.25, 0.3) is 0 Å². The molecule has 1 N–H and O–H groups in total. The molecule has 1 fully saturated rings. The summed E-state index contributed by atoms with van der Waals surface area (Å²) >= 11 is 0. The van der Waals surface area contributed by atoms with Gasteiger partial charge in [-0.15, -0.1) is 0 Å². The van der Waals surface area contributed by atoms with Crippen molar-refractivity contribution in [2.24, 2.45) is 0 Å². The van der Waals surface area contributed by atoms with Gasteiger partial charge in [-0.2, -0.15) is 0 Å². The molecule has 0 aromatic heterocycles. The Bertz CT molecular complexity index is 141. The molecule has 0 saturated carbocycles. The summed E-state index contributed by atoms with van der Waals surface area (Å²) in [5.41, 5.74) is 0. The van der Waals surface area contributed by atoms with Crippen molar-refractivity contribution >= 4 is 6.47 Å². The second kappa shape index (κ2) is 5.11. The Morgan fingerprint density at radius 2 is 2.58 bits per heavy atom. The van der Waals surface area contributed by atoms with Gasteiger partial charge in [0.2, 0.25) is 0 Å². The first kappa shape index (κ1) is 9.48. The number of carbonyl (C=O) groups excluding carboxylic acids is 1. The molecule has 0 aromatic carbocycles. The Labute approximate surface area is 72.9 Å². The first-order valence-electron chi connectivity index (χ1n) is 4.34. The number of nitrogens with one attached hydrogen (secondary N) is 1. The Kier molecular flexibility index (Phi) is 4.04. The summed E-state index contributed by atoms with van der Waals surface area (Å²) in [7, 11) is 0. The van der Waals surface area contributed by atoms with Crippen LogP contribution in [0, 0.1) is 0 Å². The van der Waals surface area contributed by atoms with Gasteiger partial charge in [0.05, 0.1) is 0 Å². The molecular formula is C8H16N2O2. The highest BCUT2D eigenvalue weighted by molar-refractivity contribution is 5.36. The fourth-order valence-corrected chi connectivity index (χ4v) is 1.43. The maximum atomic E-state index is 9.87. The fourth-order valence-electron chi connectivity index (χ4n) is 1.43. The van der Waals surface area contributed by atoms with Gasteiger partial charge < -0.3 is 10.1 Å². The minimum Gasteiger partial charge on any atom is -0.467 e.